The molecule has 0 amide bonds. The summed E-state index contributed by atoms with van der Waals surface area (Å²) in [4.78, 5) is 9.75. The topological polar surface area (TPSA) is 48.7 Å². The van der Waals surface area contributed by atoms with Crippen molar-refractivity contribution in [3.05, 3.63) is 30.1 Å². The number of aromatic nitrogens is 2. The van der Waals surface area contributed by atoms with E-state index >= 15 is 0 Å². The quantitative estimate of drug-likeness (QED) is 0.502. The van der Waals surface area contributed by atoms with Crippen LogP contribution in [-0.2, 0) is 6.54 Å². The molecule has 3 rings (SSSR count). The summed E-state index contributed by atoms with van der Waals surface area (Å²) >= 11 is 0. The Kier molecular flexibility index (Phi) is 5.33. The van der Waals surface area contributed by atoms with E-state index in [0.717, 1.165) is 51.8 Å². The van der Waals surface area contributed by atoms with Crippen LogP contribution in [0.4, 0.5) is 0 Å². The molecule has 0 radical (unpaired) electrons. The summed E-state index contributed by atoms with van der Waals surface area (Å²) in [5.74, 6) is 1.05. The predicted molar refractivity (Wildman–Crippen MR) is 93.6 cm³/mol. The van der Waals surface area contributed by atoms with Gasteiger partial charge >= 0.3 is 0 Å². The van der Waals surface area contributed by atoms with E-state index in [1.165, 1.54) is 12.0 Å². The van der Waals surface area contributed by atoms with Gasteiger partial charge in [0.15, 0.2) is 5.96 Å². The molecule has 0 saturated carbocycles. The lowest BCUT2D eigenvalue weighted by Gasteiger charge is -2.25. The van der Waals surface area contributed by atoms with Crippen LogP contribution in [0.25, 0.3) is 0 Å². The molecule has 1 atom stereocenters. The first-order chi connectivity index (χ1) is 11.3. The third-order valence-corrected chi connectivity index (χ3v) is 4.51. The van der Waals surface area contributed by atoms with Crippen LogP contribution in [0, 0.1) is 6.92 Å². The van der Waals surface area contributed by atoms with E-state index in [-0.39, 0.29) is 0 Å². The van der Waals surface area contributed by atoms with Crippen molar-refractivity contribution < 1.29 is 0 Å². The third kappa shape index (κ3) is 4.13. The molecule has 1 aromatic rings. The highest BCUT2D eigenvalue weighted by atomic mass is 15.3. The summed E-state index contributed by atoms with van der Waals surface area (Å²) in [5, 5.41) is 7.76. The number of guanidine groups is 1. The molecule has 1 unspecified atom stereocenters. The number of hydrogen-bond donors (Lipinski definition) is 1. The maximum Gasteiger partial charge on any atom is 0.194 e. The van der Waals surface area contributed by atoms with Crippen LogP contribution < -0.4 is 5.32 Å². The van der Waals surface area contributed by atoms with Gasteiger partial charge in [-0.25, -0.2) is 0 Å². The first-order valence-electron chi connectivity index (χ1n) is 8.67. The zero-order valence-electron chi connectivity index (χ0n) is 14.3. The fraction of sp³-hybridized carbons (Fsp3) is 0.647. The molecule has 2 aliphatic rings. The second-order valence-electron chi connectivity index (χ2n) is 6.33. The number of hydrogen-bond acceptors (Lipinski definition) is 3. The number of likely N-dealkylation sites (tertiary alicyclic amines) is 1. The third-order valence-electron chi connectivity index (χ3n) is 4.51. The number of aliphatic imine (C=N–C) groups is 1. The summed E-state index contributed by atoms with van der Waals surface area (Å²) in [6.07, 6.45) is 9.73. The van der Waals surface area contributed by atoms with Crippen molar-refractivity contribution in [2.24, 2.45) is 4.99 Å². The van der Waals surface area contributed by atoms with Crippen LogP contribution in [0.3, 0.4) is 0 Å². The minimum Gasteiger partial charge on any atom is -0.357 e. The average Bonchev–Trinajstić information content (AvgIpc) is 3.27. The number of nitrogens with one attached hydrogen (secondary N) is 1. The van der Waals surface area contributed by atoms with Gasteiger partial charge in [-0.1, -0.05) is 12.2 Å². The van der Waals surface area contributed by atoms with Gasteiger partial charge in [-0.3, -0.25) is 14.6 Å². The van der Waals surface area contributed by atoms with Crippen molar-refractivity contribution >= 4 is 5.96 Å². The van der Waals surface area contributed by atoms with Crippen molar-refractivity contribution in [3.63, 3.8) is 0 Å². The van der Waals surface area contributed by atoms with Gasteiger partial charge in [0.1, 0.15) is 0 Å². The highest BCUT2D eigenvalue weighted by Crippen LogP contribution is 2.17. The van der Waals surface area contributed by atoms with Gasteiger partial charge in [-0.15, -0.1) is 0 Å². The Morgan fingerprint density at radius 2 is 2.22 bits per heavy atom. The molecule has 1 saturated heterocycles. The van der Waals surface area contributed by atoms with E-state index < -0.39 is 0 Å². The Balaban J connectivity index is 1.54. The average molecular weight is 316 g/mol. The predicted octanol–water partition coefficient (Wildman–Crippen LogP) is 1.10. The summed E-state index contributed by atoms with van der Waals surface area (Å²) in [5.41, 5.74) is 1.20. The van der Waals surface area contributed by atoms with E-state index in [0.29, 0.717) is 6.04 Å². The van der Waals surface area contributed by atoms with Crippen molar-refractivity contribution in [1.82, 2.24) is 24.9 Å². The van der Waals surface area contributed by atoms with E-state index in [2.05, 4.69) is 52.4 Å². The van der Waals surface area contributed by atoms with Gasteiger partial charge in [0.25, 0.3) is 0 Å². The van der Waals surface area contributed by atoms with Crippen molar-refractivity contribution in [3.8, 4) is 0 Å². The smallest absolute Gasteiger partial charge is 0.194 e. The molecular formula is C17H28N6. The summed E-state index contributed by atoms with van der Waals surface area (Å²) < 4.78 is 1.96. The number of aryl methyl sites for hydroxylation is 1. The SMILES string of the molecule is CCNC(=NCCn1cc(C)cn1)N1CCC(N2CC=CC2)C1. The molecule has 1 N–H and O–H groups in total. The van der Waals surface area contributed by atoms with E-state index in [4.69, 9.17) is 4.99 Å². The summed E-state index contributed by atoms with van der Waals surface area (Å²) in [6, 6.07) is 0.655. The molecule has 1 aromatic heterocycles. The second kappa shape index (κ2) is 7.64. The lowest BCUT2D eigenvalue weighted by atomic mass is 10.2. The second-order valence-corrected chi connectivity index (χ2v) is 6.33. The normalized spacial score (nSPS) is 22.3. The van der Waals surface area contributed by atoms with Gasteiger partial charge in [-0.05, 0) is 25.8 Å². The van der Waals surface area contributed by atoms with Crippen LogP contribution in [0.15, 0.2) is 29.5 Å². The van der Waals surface area contributed by atoms with Crippen LogP contribution in [0.2, 0.25) is 0 Å². The highest BCUT2D eigenvalue weighted by Gasteiger charge is 2.29. The largest absolute Gasteiger partial charge is 0.357 e. The van der Waals surface area contributed by atoms with Crippen molar-refractivity contribution in [2.75, 3.05) is 39.3 Å². The molecule has 2 aliphatic heterocycles. The molecule has 0 aliphatic carbocycles. The molecular weight excluding hydrogens is 288 g/mol. The summed E-state index contributed by atoms with van der Waals surface area (Å²) in [6.45, 7) is 11.1. The Morgan fingerprint density at radius 1 is 1.39 bits per heavy atom. The molecule has 3 heterocycles. The molecule has 6 heteroatoms. The summed E-state index contributed by atoms with van der Waals surface area (Å²) in [7, 11) is 0. The van der Waals surface area contributed by atoms with Gasteiger partial charge in [0.05, 0.1) is 19.3 Å². The van der Waals surface area contributed by atoms with Crippen LogP contribution in [0.1, 0.15) is 18.9 Å². The Bertz CT molecular complexity index is 553. The maximum absolute atomic E-state index is 4.80. The fourth-order valence-corrected chi connectivity index (χ4v) is 3.30. The zero-order chi connectivity index (χ0) is 16.1. The minimum absolute atomic E-state index is 0.655. The van der Waals surface area contributed by atoms with Gasteiger partial charge in [0, 0.05) is 45.0 Å². The van der Waals surface area contributed by atoms with Crippen molar-refractivity contribution in [2.45, 2.75) is 32.9 Å². The molecule has 23 heavy (non-hydrogen) atoms. The molecule has 0 spiro atoms. The lowest BCUT2D eigenvalue weighted by molar-refractivity contribution is 0.259. The Hall–Kier alpha value is -1.82. The first-order valence-corrected chi connectivity index (χ1v) is 8.67. The fourth-order valence-electron chi connectivity index (χ4n) is 3.30. The van der Waals surface area contributed by atoms with E-state index in [1.54, 1.807) is 0 Å². The molecule has 0 aromatic carbocycles. The van der Waals surface area contributed by atoms with E-state index in [1.807, 2.05) is 10.9 Å². The first kappa shape index (κ1) is 16.1. The highest BCUT2D eigenvalue weighted by molar-refractivity contribution is 5.80. The van der Waals surface area contributed by atoms with Crippen LogP contribution in [-0.4, -0.2) is 70.9 Å². The Labute approximate surface area is 138 Å². The van der Waals surface area contributed by atoms with Crippen LogP contribution >= 0.6 is 0 Å². The van der Waals surface area contributed by atoms with Gasteiger partial charge < -0.3 is 10.2 Å². The zero-order valence-corrected chi connectivity index (χ0v) is 14.3. The Morgan fingerprint density at radius 3 is 2.91 bits per heavy atom. The monoisotopic (exact) mass is 316 g/mol. The van der Waals surface area contributed by atoms with Gasteiger partial charge in [-0.2, -0.15) is 5.10 Å². The molecule has 6 nitrogen and oxygen atoms in total. The minimum atomic E-state index is 0.655. The van der Waals surface area contributed by atoms with Crippen molar-refractivity contribution in [1.29, 1.82) is 0 Å². The molecule has 126 valence electrons. The maximum atomic E-state index is 4.80. The number of rotatable bonds is 5. The van der Waals surface area contributed by atoms with Crippen LogP contribution in [0.5, 0.6) is 0 Å². The number of nitrogens with zero attached hydrogens (tertiary/aromatic N) is 5. The van der Waals surface area contributed by atoms with Gasteiger partial charge in [0.2, 0.25) is 0 Å². The molecule has 0 bridgehead atoms. The lowest BCUT2D eigenvalue weighted by Crippen LogP contribution is -2.43. The molecule has 1 fully saturated rings. The standard InChI is InChI=1S/C17H28N6/c1-3-18-17(19-7-11-23-13-15(2)12-20-23)22-10-6-16(14-22)21-8-4-5-9-21/h4-5,12-13,16H,3,6-11,14H2,1-2H3,(H,18,19). The van der Waals surface area contributed by atoms with E-state index in [9.17, 15) is 0 Å².